The molecule has 1 amide bonds. The second-order valence-corrected chi connectivity index (χ2v) is 7.55. The van der Waals surface area contributed by atoms with Crippen molar-refractivity contribution in [3.8, 4) is 17.4 Å². The minimum atomic E-state index is -0.516. The molecule has 134 valence electrons. The van der Waals surface area contributed by atoms with Crippen molar-refractivity contribution in [2.75, 3.05) is 5.32 Å². The molecule has 1 N–H and O–H groups in total. The smallest absolute Gasteiger partial charge is 0.266 e. The zero-order valence-electron chi connectivity index (χ0n) is 13.7. The standard InChI is InChI=1S/C20H11Cl2IN2O2/c21-13-4-6-18(22)17(9-13)19-7-5-16(27-19)8-12(11-24)20(26)25-15-3-1-2-14(23)10-15/h1-10H,(H,25,26)/b12-8+. The quantitative estimate of drug-likeness (QED) is 0.252. The Hall–Kier alpha value is -2.27. The summed E-state index contributed by atoms with van der Waals surface area (Å²) < 4.78 is 6.68. The maximum atomic E-state index is 12.4. The van der Waals surface area contributed by atoms with Crippen molar-refractivity contribution in [3.63, 3.8) is 0 Å². The number of halogens is 3. The highest BCUT2D eigenvalue weighted by molar-refractivity contribution is 14.1. The molecule has 3 rings (SSSR count). The van der Waals surface area contributed by atoms with E-state index in [-0.39, 0.29) is 5.57 Å². The van der Waals surface area contributed by atoms with Gasteiger partial charge in [0.25, 0.3) is 5.91 Å². The van der Waals surface area contributed by atoms with Gasteiger partial charge in [-0.15, -0.1) is 0 Å². The van der Waals surface area contributed by atoms with E-state index in [1.807, 2.05) is 18.2 Å². The van der Waals surface area contributed by atoms with Crippen LogP contribution >= 0.6 is 45.8 Å². The zero-order valence-corrected chi connectivity index (χ0v) is 17.3. The zero-order chi connectivity index (χ0) is 19.4. The lowest BCUT2D eigenvalue weighted by molar-refractivity contribution is -0.112. The second-order valence-electron chi connectivity index (χ2n) is 5.46. The maximum absolute atomic E-state index is 12.4. The first-order valence-electron chi connectivity index (χ1n) is 7.70. The van der Waals surface area contributed by atoms with Gasteiger partial charge in [0, 0.05) is 25.9 Å². The highest BCUT2D eigenvalue weighted by Gasteiger charge is 2.13. The van der Waals surface area contributed by atoms with Crippen LogP contribution in [0.25, 0.3) is 17.4 Å². The number of nitrogens with zero attached hydrogens (tertiary/aromatic N) is 1. The Kier molecular flexibility index (Phi) is 6.22. The average Bonchev–Trinajstić information content (AvgIpc) is 3.10. The minimum absolute atomic E-state index is 0.0769. The molecular formula is C20H11Cl2IN2O2. The molecule has 0 saturated heterocycles. The van der Waals surface area contributed by atoms with Crippen LogP contribution in [0.1, 0.15) is 5.76 Å². The maximum Gasteiger partial charge on any atom is 0.266 e. The predicted octanol–water partition coefficient (Wildman–Crippen LogP) is 6.40. The molecule has 2 aromatic carbocycles. The van der Waals surface area contributed by atoms with Crippen LogP contribution in [0.4, 0.5) is 5.69 Å². The van der Waals surface area contributed by atoms with Crippen molar-refractivity contribution >= 4 is 63.5 Å². The molecule has 0 bridgehead atoms. The summed E-state index contributed by atoms with van der Waals surface area (Å²) in [6.45, 7) is 0. The van der Waals surface area contributed by atoms with Crippen molar-refractivity contribution in [2.24, 2.45) is 0 Å². The molecule has 0 aliphatic carbocycles. The molecule has 0 saturated carbocycles. The molecule has 0 atom stereocenters. The van der Waals surface area contributed by atoms with Gasteiger partial charge < -0.3 is 9.73 Å². The second kappa shape index (κ2) is 8.61. The van der Waals surface area contributed by atoms with E-state index < -0.39 is 5.91 Å². The summed E-state index contributed by atoms with van der Waals surface area (Å²) in [5.74, 6) is 0.331. The lowest BCUT2D eigenvalue weighted by atomic mass is 10.2. The van der Waals surface area contributed by atoms with Crippen LogP contribution in [0.2, 0.25) is 10.0 Å². The van der Waals surface area contributed by atoms with Crippen LogP contribution in [-0.2, 0) is 4.79 Å². The molecule has 0 spiro atoms. The van der Waals surface area contributed by atoms with Gasteiger partial charge in [0.05, 0.1) is 5.02 Å². The summed E-state index contributed by atoms with van der Waals surface area (Å²) in [7, 11) is 0. The fourth-order valence-corrected chi connectivity index (χ4v) is 3.24. The van der Waals surface area contributed by atoms with Crippen LogP contribution in [0.3, 0.4) is 0 Å². The van der Waals surface area contributed by atoms with Crippen LogP contribution < -0.4 is 5.32 Å². The van der Waals surface area contributed by atoms with Crippen LogP contribution in [0.15, 0.2) is 64.6 Å². The van der Waals surface area contributed by atoms with Crippen LogP contribution in [0.5, 0.6) is 0 Å². The van der Waals surface area contributed by atoms with E-state index in [4.69, 9.17) is 27.6 Å². The summed E-state index contributed by atoms with van der Waals surface area (Å²) in [5.41, 5.74) is 1.16. The van der Waals surface area contributed by atoms with E-state index in [9.17, 15) is 10.1 Å². The largest absolute Gasteiger partial charge is 0.457 e. The van der Waals surface area contributed by atoms with Gasteiger partial charge in [-0.2, -0.15) is 5.26 Å². The lowest BCUT2D eigenvalue weighted by Crippen LogP contribution is -2.13. The molecule has 7 heteroatoms. The number of anilines is 1. The monoisotopic (exact) mass is 508 g/mol. The Bertz CT molecular complexity index is 1080. The van der Waals surface area contributed by atoms with E-state index in [1.165, 1.54) is 6.08 Å². The summed E-state index contributed by atoms with van der Waals surface area (Å²) in [5, 5.41) is 13.0. The van der Waals surface area contributed by atoms with Crippen molar-refractivity contribution in [1.29, 1.82) is 5.26 Å². The van der Waals surface area contributed by atoms with Gasteiger partial charge in [-0.25, -0.2) is 0 Å². The summed E-state index contributed by atoms with van der Waals surface area (Å²) in [6.07, 6.45) is 1.38. The molecule has 0 radical (unpaired) electrons. The van der Waals surface area contributed by atoms with E-state index in [2.05, 4.69) is 27.9 Å². The fourth-order valence-electron chi connectivity index (χ4n) is 2.32. The number of amides is 1. The molecule has 4 nitrogen and oxygen atoms in total. The SMILES string of the molecule is N#C/C(=C\c1ccc(-c2cc(Cl)ccc2Cl)o1)C(=O)Nc1cccc(I)c1. The highest BCUT2D eigenvalue weighted by Crippen LogP contribution is 2.32. The molecule has 0 aliphatic rings. The predicted molar refractivity (Wildman–Crippen MR) is 116 cm³/mol. The van der Waals surface area contributed by atoms with Crippen LogP contribution in [-0.4, -0.2) is 5.91 Å². The normalized spacial score (nSPS) is 11.1. The lowest BCUT2D eigenvalue weighted by Gasteiger charge is -2.04. The molecule has 1 heterocycles. The third-order valence-corrected chi connectivity index (χ3v) is 4.79. The van der Waals surface area contributed by atoms with Gasteiger partial charge >= 0.3 is 0 Å². The minimum Gasteiger partial charge on any atom is -0.457 e. The number of rotatable bonds is 4. The van der Waals surface area contributed by atoms with E-state index in [0.29, 0.717) is 32.8 Å². The number of carbonyl (C=O) groups is 1. The third kappa shape index (κ3) is 4.92. The van der Waals surface area contributed by atoms with Gasteiger partial charge in [-0.1, -0.05) is 29.3 Å². The highest BCUT2D eigenvalue weighted by atomic mass is 127. The van der Waals surface area contributed by atoms with Gasteiger partial charge in [0.1, 0.15) is 23.2 Å². The Balaban J connectivity index is 1.84. The molecule has 0 aliphatic heterocycles. The first-order chi connectivity index (χ1) is 13.0. The number of hydrogen-bond donors (Lipinski definition) is 1. The van der Waals surface area contributed by atoms with Gasteiger partial charge in [0.2, 0.25) is 0 Å². The number of nitriles is 1. The number of nitrogens with one attached hydrogen (secondary N) is 1. The Morgan fingerprint density at radius 2 is 1.96 bits per heavy atom. The topological polar surface area (TPSA) is 66.0 Å². The Morgan fingerprint density at radius 3 is 2.70 bits per heavy atom. The summed E-state index contributed by atoms with van der Waals surface area (Å²) in [6, 6.07) is 17.6. The average molecular weight is 509 g/mol. The number of carbonyl (C=O) groups excluding carboxylic acids is 1. The van der Waals surface area contributed by atoms with E-state index in [1.54, 1.807) is 42.5 Å². The molecule has 0 fully saturated rings. The first kappa shape index (κ1) is 19.5. The van der Waals surface area contributed by atoms with E-state index >= 15 is 0 Å². The van der Waals surface area contributed by atoms with Crippen molar-refractivity contribution in [3.05, 3.63) is 79.5 Å². The van der Waals surface area contributed by atoms with Gasteiger partial charge in [-0.05, 0) is 71.1 Å². The van der Waals surface area contributed by atoms with Crippen molar-refractivity contribution < 1.29 is 9.21 Å². The molecular weight excluding hydrogens is 498 g/mol. The summed E-state index contributed by atoms with van der Waals surface area (Å²) in [4.78, 5) is 12.4. The van der Waals surface area contributed by atoms with Crippen molar-refractivity contribution in [1.82, 2.24) is 0 Å². The van der Waals surface area contributed by atoms with Gasteiger partial charge in [-0.3, -0.25) is 4.79 Å². The molecule has 0 unspecified atom stereocenters. The Morgan fingerprint density at radius 1 is 1.15 bits per heavy atom. The van der Waals surface area contributed by atoms with Crippen molar-refractivity contribution in [2.45, 2.75) is 0 Å². The number of benzene rings is 2. The van der Waals surface area contributed by atoms with Gasteiger partial charge in [0.15, 0.2) is 0 Å². The van der Waals surface area contributed by atoms with Crippen LogP contribution in [0, 0.1) is 14.9 Å². The third-order valence-electron chi connectivity index (χ3n) is 3.55. The molecule has 3 aromatic rings. The number of hydrogen-bond acceptors (Lipinski definition) is 3. The Labute approximate surface area is 179 Å². The number of furan rings is 1. The fraction of sp³-hybridized carbons (Fsp3) is 0. The first-order valence-corrected chi connectivity index (χ1v) is 9.54. The summed E-state index contributed by atoms with van der Waals surface area (Å²) >= 11 is 14.3. The molecule has 1 aromatic heterocycles. The molecule has 27 heavy (non-hydrogen) atoms. The van der Waals surface area contributed by atoms with E-state index in [0.717, 1.165) is 3.57 Å².